The molecule has 2 aliphatic rings. The van der Waals surface area contributed by atoms with Gasteiger partial charge in [-0.3, -0.25) is 0 Å². The van der Waals surface area contributed by atoms with Crippen molar-refractivity contribution < 1.29 is 4.74 Å². The third-order valence-corrected chi connectivity index (χ3v) is 4.26. The average Bonchev–Trinajstić information content (AvgIpc) is 2.46. The summed E-state index contributed by atoms with van der Waals surface area (Å²) in [6.07, 6.45) is 7.73. The lowest BCUT2D eigenvalue weighted by Gasteiger charge is -2.47. The Morgan fingerprint density at radius 1 is 1.36 bits per heavy atom. The zero-order chi connectivity index (χ0) is 10.4. The van der Waals surface area contributed by atoms with Crippen LogP contribution in [0.15, 0.2) is 11.6 Å². The Morgan fingerprint density at radius 2 is 2.07 bits per heavy atom. The van der Waals surface area contributed by atoms with Crippen molar-refractivity contribution in [3.05, 3.63) is 11.6 Å². The fourth-order valence-corrected chi connectivity index (χ4v) is 3.21. The molecule has 0 aromatic heterocycles. The first-order valence-electron chi connectivity index (χ1n) is 5.83. The van der Waals surface area contributed by atoms with Crippen molar-refractivity contribution in [1.29, 1.82) is 0 Å². The van der Waals surface area contributed by atoms with E-state index in [1.165, 1.54) is 31.3 Å². The second-order valence-electron chi connectivity index (χ2n) is 5.60. The number of allylic oxidation sites excluding steroid dienone is 1. The molecule has 80 valence electrons. The molecule has 0 N–H and O–H groups in total. The predicted octanol–water partition coefficient (Wildman–Crippen LogP) is 3.69. The summed E-state index contributed by atoms with van der Waals surface area (Å²) < 4.78 is 6.25. The molecule has 0 saturated carbocycles. The summed E-state index contributed by atoms with van der Waals surface area (Å²) in [6, 6.07) is 0. The SMILES string of the molecule is CC1=CCCC(C)(C)[C@]12CC[C@@H](C)O2. The van der Waals surface area contributed by atoms with Crippen molar-refractivity contribution in [1.82, 2.24) is 0 Å². The van der Waals surface area contributed by atoms with Gasteiger partial charge in [-0.25, -0.2) is 0 Å². The van der Waals surface area contributed by atoms with E-state index in [1.54, 1.807) is 0 Å². The third kappa shape index (κ3) is 1.25. The summed E-state index contributed by atoms with van der Waals surface area (Å²) in [4.78, 5) is 0. The molecule has 0 amide bonds. The van der Waals surface area contributed by atoms with Gasteiger partial charge >= 0.3 is 0 Å². The summed E-state index contributed by atoms with van der Waals surface area (Å²) in [5.74, 6) is 0. The Hall–Kier alpha value is -0.300. The highest BCUT2D eigenvalue weighted by Gasteiger charge is 2.52. The topological polar surface area (TPSA) is 9.23 Å². The van der Waals surface area contributed by atoms with Crippen molar-refractivity contribution in [2.24, 2.45) is 5.41 Å². The lowest BCUT2D eigenvalue weighted by molar-refractivity contribution is -0.0912. The molecule has 14 heavy (non-hydrogen) atoms. The fraction of sp³-hybridized carbons (Fsp3) is 0.846. The largest absolute Gasteiger partial charge is 0.367 e. The number of hydrogen-bond acceptors (Lipinski definition) is 1. The van der Waals surface area contributed by atoms with Crippen LogP contribution in [0.2, 0.25) is 0 Å². The summed E-state index contributed by atoms with van der Waals surface area (Å²) in [7, 11) is 0. The van der Waals surface area contributed by atoms with Gasteiger partial charge in [0.25, 0.3) is 0 Å². The maximum atomic E-state index is 6.25. The highest BCUT2D eigenvalue weighted by molar-refractivity contribution is 5.25. The number of rotatable bonds is 0. The van der Waals surface area contributed by atoms with E-state index in [1.807, 2.05) is 0 Å². The van der Waals surface area contributed by atoms with Crippen LogP contribution < -0.4 is 0 Å². The quantitative estimate of drug-likeness (QED) is 0.534. The minimum Gasteiger partial charge on any atom is -0.367 e. The molecule has 0 aromatic carbocycles. The molecule has 0 radical (unpaired) electrons. The Bertz CT molecular complexity index is 264. The molecular formula is C13H22O. The van der Waals surface area contributed by atoms with Crippen molar-refractivity contribution in [2.75, 3.05) is 0 Å². The molecule has 1 heteroatoms. The van der Waals surface area contributed by atoms with Crippen LogP contribution in [0.4, 0.5) is 0 Å². The van der Waals surface area contributed by atoms with Gasteiger partial charge in [-0.1, -0.05) is 19.9 Å². The molecule has 1 spiro atoms. The van der Waals surface area contributed by atoms with Gasteiger partial charge in [0.05, 0.1) is 11.7 Å². The van der Waals surface area contributed by atoms with E-state index in [0.717, 1.165) is 0 Å². The van der Waals surface area contributed by atoms with Crippen LogP contribution in [0.1, 0.15) is 53.4 Å². The van der Waals surface area contributed by atoms with Crippen LogP contribution >= 0.6 is 0 Å². The Morgan fingerprint density at radius 3 is 2.57 bits per heavy atom. The van der Waals surface area contributed by atoms with E-state index in [9.17, 15) is 0 Å². The van der Waals surface area contributed by atoms with Gasteiger partial charge in [0.2, 0.25) is 0 Å². The van der Waals surface area contributed by atoms with Crippen molar-refractivity contribution in [2.45, 2.75) is 65.1 Å². The average molecular weight is 194 g/mol. The molecule has 2 rings (SSSR count). The number of hydrogen-bond donors (Lipinski definition) is 0. The first-order chi connectivity index (χ1) is 6.48. The molecule has 0 aromatic rings. The van der Waals surface area contributed by atoms with Crippen LogP contribution in [0.3, 0.4) is 0 Å². The van der Waals surface area contributed by atoms with E-state index in [0.29, 0.717) is 11.5 Å². The zero-order valence-electron chi connectivity index (χ0n) is 9.89. The molecule has 1 saturated heterocycles. The molecule has 1 nitrogen and oxygen atoms in total. The first kappa shape index (κ1) is 10.2. The summed E-state index contributed by atoms with van der Waals surface area (Å²) in [5.41, 5.74) is 1.85. The lowest BCUT2D eigenvalue weighted by Crippen LogP contribution is -2.47. The Kier molecular flexibility index (Phi) is 2.26. The molecule has 0 unspecified atom stereocenters. The van der Waals surface area contributed by atoms with E-state index in [-0.39, 0.29) is 5.60 Å². The van der Waals surface area contributed by atoms with Crippen LogP contribution in [0, 0.1) is 5.41 Å². The van der Waals surface area contributed by atoms with Gasteiger partial charge in [-0.05, 0) is 50.5 Å². The maximum absolute atomic E-state index is 6.25. The van der Waals surface area contributed by atoms with Gasteiger partial charge in [0.1, 0.15) is 0 Å². The standard InChI is InChI=1S/C13H22O/c1-10-6-5-8-12(3,4)13(10)9-7-11(2)14-13/h6,11H,5,7-9H2,1-4H3/t11-,13+/m1/s1. The normalized spacial score (nSPS) is 41.4. The number of ether oxygens (including phenoxy) is 1. The Labute approximate surface area is 87.5 Å². The molecule has 1 fully saturated rings. The van der Waals surface area contributed by atoms with Crippen LogP contribution in [-0.2, 0) is 4.74 Å². The fourth-order valence-electron chi connectivity index (χ4n) is 3.21. The predicted molar refractivity (Wildman–Crippen MR) is 59.3 cm³/mol. The van der Waals surface area contributed by atoms with Crippen LogP contribution in [0.5, 0.6) is 0 Å². The third-order valence-electron chi connectivity index (χ3n) is 4.26. The second kappa shape index (κ2) is 3.10. The smallest absolute Gasteiger partial charge is 0.0944 e. The maximum Gasteiger partial charge on any atom is 0.0944 e. The molecule has 0 bridgehead atoms. The minimum absolute atomic E-state index is 0.0602. The highest BCUT2D eigenvalue weighted by atomic mass is 16.5. The monoisotopic (exact) mass is 194 g/mol. The van der Waals surface area contributed by atoms with Crippen molar-refractivity contribution in [3.63, 3.8) is 0 Å². The van der Waals surface area contributed by atoms with Gasteiger partial charge < -0.3 is 4.74 Å². The molecule has 2 atom stereocenters. The molecule has 1 aliphatic carbocycles. The van der Waals surface area contributed by atoms with Crippen LogP contribution in [-0.4, -0.2) is 11.7 Å². The van der Waals surface area contributed by atoms with Crippen molar-refractivity contribution in [3.8, 4) is 0 Å². The van der Waals surface area contributed by atoms with Crippen molar-refractivity contribution >= 4 is 0 Å². The minimum atomic E-state index is 0.0602. The van der Waals surface area contributed by atoms with Gasteiger partial charge in [0, 0.05) is 0 Å². The van der Waals surface area contributed by atoms with E-state index in [4.69, 9.17) is 4.74 Å². The highest BCUT2D eigenvalue weighted by Crippen LogP contribution is 2.53. The Balaban J connectivity index is 2.37. The van der Waals surface area contributed by atoms with E-state index in [2.05, 4.69) is 33.8 Å². The van der Waals surface area contributed by atoms with Crippen LogP contribution in [0.25, 0.3) is 0 Å². The summed E-state index contributed by atoms with van der Waals surface area (Å²) >= 11 is 0. The van der Waals surface area contributed by atoms with E-state index >= 15 is 0 Å². The molecule has 1 aliphatic heterocycles. The zero-order valence-corrected chi connectivity index (χ0v) is 9.89. The van der Waals surface area contributed by atoms with Gasteiger partial charge in [0.15, 0.2) is 0 Å². The van der Waals surface area contributed by atoms with Gasteiger partial charge in [-0.2, -0.15) is 0 Å². The first-order valence-corrected chi connectivity index (χ1v) is 5.83. The molecule has 1 heterocycles. The van der Waals surface area contributed by atoms with Gasteiger partial charge in [-0.15, -0.1) is 0 Å². The second-order valence-corrected chi connectivity index (χ2v) is 5.60. The summed E-state index contributed by atoms with van der Waals surface area (Å²) in [5, 5.41) is 0. The van der Waals surface area contributed by atoms with E-state index < -0.39 is 0 Å². The molecular weight excluding hydrogens is 172 g/mol. The lowest BCUT2D eigenvalue weighted by atomic mass is 9.64. The summed E-state index contributed by atoms with van der Waals surface area (Å²) in [6.45, 7) is 9.18.